The summed E-state index contributed by atoms with van der Waals surface area (Å²) in [5.74, 6) is -1.72. The van der Waals surface area contributed by atoms with Gasteiger partial charge in [-0.2, -0.15) is 5.26 Å². The number of fused-ring (bicyclic) bond motifs is 1. The molecule has 9 nitrogen and oxygen atoms in total. The van der Waals surface area contributed by atoms with Gasteiger partial charge in [0.25, 0.3) is 5.78 Å². The zero-order valence-corrected chi connectivity index (χ0v) is 19.6. The van der Waals surface area contributed by atoms with Crippen molar-refractivity contribution in [2.45, 2.75) is 13.5 Å². The number of carbonyl (C=O) groups is 1. The number of piperazine rings is 1. The summed E-state index contributed by atoms with van der Waals surface area (Å²) in [4.78, 5) is 26.1. The first-order valence-electron chi connectivity index (χ1n) is 11.6. The molecular weight excluding hydrogens is 461 g/mol. The Hall–Kier alpha value is -4.33. The van der Waals surface area contributed by atoms with Gasteiger partial charge < -0.3 is 20.4 Å². The lowest BCUT2D eigenvalue weighted by Crippen LogP contribution is -2.42. The van der Waals surface area contributed by atoms with Crippen LogP contribution in [0.3, 0.4) is 0 Å². The lowest BCUT2D eigenvalue weighted by atomic mass is 10.1. The summed E-state index contributed by atoms with van der Waals surface area (Å²) in [6, 6.07) is 14.1. The normalized spacial score (nSPS) is 13.9. The Balaban J connectivity index is 1.40. The number of rotatable bonds is 7. The molecule has 2 aromatic heterocycles. The fourth-order valence-electron chi connectivity index (χ4n) is 4.23. The van der Waals surface area contributed by atoms with Gasteiger partial charge in [0.15, 0.2) is 11.6 Å². The highest BCUT2D eigenvalue weighted by Crippen LogP contribution is 2.33. The Labute approximate surface area is 206 Å². The van der Waals surface area contributed by atoms with Crippen LogP contribution in [0.4, 0.5) is 15.9 Å². The van der Waals surface area contributed by atoms with E-state index >= 15 is 4.39 Å². The first-order chi connectivity index (χ1) is 17.5. The second-order valence-corrected chi connectivity index (χ2v) is 8.58. The Morgan fingerprint density at radius 1 is 1.19 bits per heavy atom. The fraction of sp³-hybridized carbons (Fsp3) is 0.231. The summed E-state index contributed by atoms with van der Waals surface area (Å²) in [6.45, 7) is 6.64. The molecule has 1 aliphatic rings. The fourth-order valence-corrected chi connectivity index (χ4v) is 4.23. The molecule has 4 aromatic rings. The second-order valence-electron chi connectivity index (χ2n) is 8.58. The van der Waals surface area contributed by atoms with E-state index in [1.165, 1.54) is 12.4 Å². The summed E-state index contributed by atoms with van der Waals surface area (Å²) < 4.78 is 20.8. The van der Waals surface area contributed by atoms with Gasteiger partial charge in [0.05, 0.1) is 0 Å². The number of nitrogens with one attached hydrogen (secondary N) is 3. The van der Waals surface area contributed by atoms with Gasteiger partial charge in [-0.1, -0.05) is 12.1 Å². The standard InChI is InChI=1S/C26H24FN7O2/c1-16-12-19-20(32-16)6-7-22(24(19)27)36-26-23(21(35)13-28)25(30-15-31-26)33-18-4-2-17(3-5-18)14-34-10-8-29-9-11-34/h2-7,12,15,29,32H,8-11,14H2,1H3,(H,30,31,33). The van der Waals surface area contributed by atoms with Gasteiger partial charge in [-0.3, -0.25) is 9.69 Å². The number of carbonyl (C=O) groups excluding carboxylic acids is 1. The zero-order valence-electron chi connectivity index (χ0n) is 19.6. The van der Waals surface area contributed by atoms with Crippen LogP contribution < -0.4 is 15.4 Å². The maximum atomic E-state index is 15.1. The van der Waals surface area contributed by atoms with Crippen LogP contribution in [-0.2, 0) is 6.54 Å². The van der Waals surface area contributed by atoms with Crippen molar-refractivity contribution < 1.29 is 13.9 Å². The number of hydrogen-bond donors (Lipinski definition) is 3. The molecule has 10 heteroatoms. The number of aromatic amines is 1. The van der Waals surface area contributed by atoms with E-state index in [0.29, 0.717) is 16.6 Å². The van der Waals surface area contributed by atoms with Crippen molar-refractivity contribution in [1.29, 1.82) is 5.26 Å². The number of hydrogen-bond acceptors (Lipinski definition) is 8. The number of ketones is 1. The molecule has 0 bridgehead atoms. The molecular formula is C26H24FN7O2. The number of benzene rings is 2. The van der Waals surface area contributed by atoms with Gasteiger partial charge >= 0.3 is 0 Å². The Kier molecular flexibility index (Phi) is 6.58. The average Bonchev–Trinajstić information content (AvgIpc) is 3.28. The molecule has 5 rings (SSSR count). The molecule has 3 N–H and O–H groups in total. The van der Waals surface area contributed by atoms with Crippen molar-refractivity contribution in [3.8, 4) is 17.7 Å². The average molecular weight is 486 g/mol. The van der Waals surface area contributed by atoms with Crippen LogP contribution in [0, 0.1) is 24.1 Å². The largest absolute Gasteiger partial charge is 0.435 e. The maximum absolute atomic E-state index is 15.1. The monoisotopic (exact) mass is 485 g/mol. The minimum absolute atomic E-state index is 0.0976. The van der Waals surface area contributed by atoms with Gasteiger partial charge in [-0.05, 0) is 42.8 Å². The molecule has 0 atom stereocenters. The van der Waals surface area contributed by atoms with E-state index in [1.807, 2.05) is 31.2 Å². The molecule has 0 amide bonds. The lowest BCUT2D eigenvalue weighted by molar-refractivity contribution is 0.105. The highest BCUT2D eigenvalue weighted by molar-refractivity contribution is 6.12. The van der Waals surface area contributed by atoms with Gasteiger partial charge in [-0.25, -0.2) is 14.4 Å². The molecule has 0 unspecified atom stereocenters. The number of aryl methyl sites for hydroxylation is 1. The summed E-state index contributed by atoms with van der Waals surface area (Å²) >= 11 is 0. The van der Waals surface area contributed by atoms with Crippen LogP contribution in [0.1, 0.15) is 21.6 Å². The number of nitrogens with zero attached hydrogens (tertiary/aromatic N) is 4. The van der Waals surface area contributed by atoms with Crippen LogP contribution in [0.15, 0.2) is 48.8 Å². The van der Waals surface area contributed by atoms with Crippen molar-refractivity contribution >= 4 is 28.2 Å². The van der Waals surface area contributed by atoms with Crippen molar-refractivity contribution in [1.82, 2.24) is 25.2 Å². The highest BCUT2D eigenvalue weighted by atomic mass is 19.1. The first kappa shape index (κ1) is 23.4. The van der Waals surface area contributed by atoms with Gasteiger partial charge in [-0.15, -0.1) is 0 Å². The summed E-state index contributed by atoms with van der Waals surface area (Å²) in [7, 11) is 0. The van der Waals surface area contributed by atoms with Gasteiger partial charge in [0.1, 0.15) is 23.8 Å². The Morgan fingerprint density at radius 2 is 1.97 bits per heavy atom. The number of Topliss-reactive ketones (excluding diaryl/α,β-unsaturated/α-hetero) is 1. The highest BCUT2D eigenvalue weighted by Gasteiger charge is 2.23. The van der Waals surface area contributed by atoms with E-state index in [0.717, 1.165) is 44.0 Å². The predicted molar refractivity (Wildman–Crippen MR) is 133 cm³/mol. The third-order valence-corrected chi connectivity index (χ3v) is 6.02. The predicted octanol–water partition coefficient (Wildman–Crippen LogP) is 4.05. The Bertz CT molecular complexity index is 1450. The third-order valence-electron chi connectivity index (χ3n) is 6.02. The van der Waals surface area contributed by atoms with Crippen molar-refractivity contribution in [3.05, 3.63) is 71.4 Å². The molecule has 0 aliphatic carbocycles. The van der Waals surface area contributed by atoms with Crippen molar-refractivity contribution in [3.63, 3.8) is 0 Å². The maximum Gasteiger partial charge on any atom is 0.271 e. The summed E-state index contributed by atoms with van der Waals surface area (Å²) in [6.07, 6.45) is 1.20. The number of aromatic nitrogens is 3. The molecule has 1 aliphatic heterocycles. The van der Waals surface area contributed by atoms with Gasteiger partial charge in [0.2, 0.25) is 5.88 Å². The van der Waals surface area contributed by atoms with Crippen LogP contribution in [0.2, 0.25) is 0 Å². The molecule has 2 aromatic carbocycles. The zero-order chi connectivity index (χ0) is 25.1. The third kappa shape index (κ3) is 4.88. The lowest BCUT2D eigenvalue weighted by Gasteiger charge is -2.27. The van der Waals surface area contributed by atoms with E-state index in [9.17, 15) is 10.1 Å². The van der Waals surface area contributed by atoms with E-state index in [1.54, 1.807) is 18.2 Å². The first-order valence-corrected chi connectivity index (χ1v) is 11.6. The van der Waals surface area contributed by atoms with Crippen LogP contribution >= 0.6 is 0 Å². The number of ether oxygens (including phenoxy) is 1. The summed E-state index contributed by atoms with van der Waals surface area (Å²) in [5, 5.41) is 16.1. The molecule has 1 fully saturated rings. The molecule has 0 saturated carbocycles. The molecule has 1 saturated heterocycles. The number of halogens is 1. The summed E-state index contributed by atoms with van der Waals surface area (Å²) in [5.41, 5.74) is 3.08. The van der Waals surface area contributed by atoms with Gasteiger partial charge in [0, 0.05) is 55.0 Å². The number of anilines is 2. The molecule has 182 valence electrons. The molecule has 0 spiro atoms. The quantitative estimate of drug-likeness (QED) is 0.265. The molecule has 3 heterocycles. The Morgan fingerprint density at radius 3 is 2.72 bits per heavy atom. The van der Waals surface area contributed by atoms with E-state index in [-0.39, 0.29) is 23.0 Å². The minimum Gasteiger partial charge on any atom is -0.435 e. The van der Waals surface area contributed by atoms with Crippen molar-refractivity contribution in [2.75, 3.05) is 31.5 Å². The number of H-pyrrole nitrogens is 1. The van der Waals surface area contributed by atoms with Crippen LogP contribution in [0.5, 0.6) is 11.6 Å². The topological polar surface area (TPSA) is 119 Å². The van der Waals surface area contributed by atoms with E-state index in [4.69, 9.17) is 4.74 Å². The van der Waals surface area contributed by atoms with E-state index in [2.05, 4.69) is 30.5 Å². The minimum atomic E-state index is -0.901. The molecule has 0 radical (unpaired) electrons. The molecule has 36 heavy (non-hydrogen) atoms. The number of nitriles is 1. The van der Waals surface area contributed by atoms with E-state index < -0.39 is 11.6 Å². The smallest absolute Gasteiger partial charge is 0.271 e. The van der Waals surface area contributed by atoms with Crippen LogP contribution in [0.25, 0.3) is 10.9 Å². The second kappa shape index (κ2) is 10.1. The van der Waals surface area contributed by atoms with Crippen LogP contribution in [-0.4, -0.2) is 51.8 Å². The van der Waals surface area contributed by atoms with Crippen molar-refractivity contribution in [2.24, 2.45) is 0 Å². The SMILES string of the molecule is Cc1cc2c(F)c(Oc3ncnc(Nc4ccc(CN5CCNCC5)cc4)c3C(=O)C#N)ccc2[nH]1.